The lowest BCUT2D eigenvalue weighted by molar-refractivity contribution is 0.811. The van der Waals surface area contributed by atoms with Gasteiger partial charge in [-0.2, -0.15) is 0 Å². The third-order valence-electron chi connectivity index (χ3n) is 5.10. The van der Waals surface area contributed by atoms with Gasteiger partial charge in [0.2, 0.25) is 0 Å². The molecule has 2 heterocycles. The summed E-state index contributed by atoms with van der Waals surface area (Å²) in [6.07, 6.45) is 3.77. The van der Waals surface area contributed by atoms with Crippen molar-refractivity contribution < 1.29 is 0 Å². The van der Waals surface area contributed by atoms with Gasteiger partial charge >= 0.3 is 0 Å². The van der Waals surface area contributed by atoms with Crippen LogP contribution < -0.4 is 10.2 Å². The first-order chi connectivity index (χ1) is 13.5. The second-order valence-corrected chi connectivity index (χ2v) is 7.22. The van der Waals surface area contributed by atoms with Gasteiger partial charge in [0.15, 0.2) is 0 Å². The van der Waals surface area contributed by atoms with Gasteiger partial charge in [0.05, 0.1) is 6.54 Å². The number of benzene rings is 2. The molecule has 0 bridgehead atoms. The van der Waals surface area contributed by atoms with E-state index in [0.29, 0.717) is 6.54 Å². The molecule has 0 saturated carbocycles. The minimum atomic E-state index is 0.636. The van der Waals surface area contributed by atoms with Gasteiger partial charge in [-0.25, -0.2) is 9.97 Å². The minimum absolute atomic E-state index is 0.636. The summed E-state index contributed by atoms with van der Waals surface area (Å²) in [6, 6.07) is 17.1. The van der Waals surface area contributed by atoms with Crippen molar-refractivity contribution in [3.63, 3.8) is 0 Å². The monoisotopic (exact) mass is 371 g/mol. The molecule has 2 aromatic heterocycles. The molecule has 0 spiro atoms. The molecule has 5 heteroatoms. The van der Waals surface area contributed by atoms with Gasteiger partial charge < -0.3 is 14.8 Å². The van der Waals surface area contributed by atoms with E-state index in [1.165, 1.54) is 22.2 Å². The van der Waals surface area contributed by atoms with E-state index < -0.39 is 0 Å². The Morgan fingerprint density at radius 3 is 2.36 bits per heavy atom. The summed E-state index contributed by atoms with van der Waals surface area (Å²) in [6.45, 7) is 2.71. The largest absolute Gasteiger partial charge is 0.378 e. The third-order valence-corrected chi connectivity index (χ3v) is 5.10. The smallest absolute Gasteiger partial charge is 0.134 e. The van der Waals surface area contributed by atoms with Crippen LogP contribution in [0.25, 0.3) is 21.9 Å². The molecule has 1 N–H and O–H groups in total. The number of nitrogens with zero attached hydrogens (tertiary/aromatic N) is 4. The molecule has 4 aromatic rings. The molecule has 28 heavy (non-hydrogen) atoms. The molecular weight excluding hydrogens is 346 g/mol. The van der Waals surface area contributed by atoms with Crippen molar-refractivity contribution in [3.8, 4) is 11.1 Å². The van der Waals surface area contributed by atoms with Gasteiger partial charge in [-0.3, -0.25) is 0 Å². The Hall–Kier alpha value is -3.34. The van der Waals surface area contributed by atoms with Crippen molar-refractivity contribution in [1.29, 1.82) is 0 Å². The van der Waals surface area contributed by atoms with Crippen LogP contribution in [-0.2, 0) is 13.6 Å². The highest BCUT2D eigenvalue weighted by atomic mass is 15.1. The van der Waals surface area contributed by atoms with Crippen LogP contribution in [0.15, 0.2) is 60.9 Å². The maximum Gasteiger partial charge on any atom is 0.134 e. The molecule has 0 aliphatic rings. The SMILES string of the molecule is Cc1nc(NCc2nccn2C)c2ccccc2c1-c1ccc(N(C)C)cc1. The molecule has 0 radical (unpaired) electrons. The van der Waals surface area contributed by atoms with Crippen LogP contribution in [0.3, 0.4) is 0 Å². The van der Waals surface area contributed by atoms with Crippen LogP contribution in [0.5, 0.6) is 0 Å². The Balaban J connectivity index is 1.77. The number of aryl methyl sites for hydroxylation is 2. The summed E-state index contributed by atoms with van der Waals surface area (Å²) in [5.41, 5.74) is 4.57. The van der Waals surface area contributed by atoms with Gasteiger partial charge in [-0.15, -0.1) is 0 Å². The molecule has 0 atom stereocenters. The number of imidazole rings is 1. The molecule has 0 amide bonds. The molecule has 142 valence electrons. The molecule has 0 aliphatic heterocycles. The van der Waals surface area contributed by atoms with Gasteiger partial charge in [-0.05, 0) is 30.0 Å². The number of rotatable bonds is 5. The van der Waals surface area contributed by atoms with Crippen LogP contribution in [0.4, 0.5) is 11.5 Å². The molecule has 0 unspecified atom stereocenters. The Labute approximate surface area is 165 Å². The molecule has 0 fully saturated rings. The summed E-state index contributed by atoms with van der Waals surface area (Å²) in [5.74, 6) is 1.87. The fraction of sp³-hybridized carbons (Fsp3) is 0.217. The van der Waals surface area contributed by atoms with Crippen LogP contribution in [0.2, 0.25) is 0 Å². The molecule has 4 rings (SSSR count). The van der Waals surface area contributed by atoms with E-state index in [9.17, 15) is 0 Å². The molecular formula is C23H25N5. The number of nitrogens with one attached hydrogen (secondary N) is 1. The molecule has 0 aliphatic carbocycles. The highest BCUT2D eigenvalue weighted by molar-refractivity contribution is 6.03. The van der Waals surface area contributed by atoms with Gasteiger partial charge in [0.25, 0.3) is 0 Å². The summed E-state index contributed by atoms with van der Waals surface area (Å²) >= 11 is 0. The minimum Gasteiger partial charge on any atom is -0.378 e. The summed E-state index contributed by atoms with van der Waals surface area (Å²) in [4.78, 5) is 11.4. The first-order valence-electron chi connectivity index (χ1n) is 9.42. The predicted molar refractivity (Wildman–Crippen MR) is 117 cm³/mol. The van der Waals surface area contributed by atoms with Crippen molar-refractivity contribution in [2.45, 2.75) is 13.5 Å². The van der Waals surface area contributed by atoms with E-state index in [-0.39, 0.29) is 0 Å². The van der Waals surface area contributed by atoms with E-state index >= 15 is 0 Å². The van der Waals surface area contributed by atoms with Gasteiger partial charge in [0.1, 0.15) is 11.6 Å². The quantitative estimate of drug-likeness (QED) is 0.556. The maximum absolute atomic E-state index is 4.91. The van der Waals surface area contributed by atoms with Crippen LogP contribution in [-0.4, -0.2) is 28.6 Å². The fourth-order valence-electron chi connectivity index (χ4n) is 3.54. The Bertz CT molecular complexity index is 1110. The second kappa shape index (κ2) is 7.35. The summed E-state index contributed by atoms with van der Waals surface area (Å²) in [5, 5.41) is 5.80. The fourth-order valence-corrected chi connectivity index (χ4v) is 3.54. The second-order valence-electron chi connectivity index (χ2n) is 7.22. The lowest BCUT2D eigenvalue weighted by Gasteiger charge is -2.17. The normalized spacial score (nSPS) is 11.0. The van der Waals surface area contributed by atoms with Crippen molar-refractivity contribution >= 4 is 22.3 Å². The van der Waals surface area contributed by atoms with E-state index in [2.05, 4.69) is 84.8 Å². The average Bonchev–Trinajstić information content (AvgIpc) is 3.11. The lowest BCUT2D eigenvalue weighted by Crippen LogP contribution is -2.08. The number of fused-ring (bicyclic) bond motifs is 1. The third kappa shape index (κ3) is 3.31. The van der Waals surface area contributed by atoms with E-state index in [4.69, 9.17) is 4.98 Å². The van der Waals surface area contributed by atoms with Gasteiger partial charge in [-0.1, -0.05) is 36.4 Å². The average molecular weight is 371 g/mol. The number of anilines is 2. The standard InChI is InChI=1S/C23H25N5/c1-16-22(17-9-11-18(12-10-17)27(2)3)19-7-5-6-8-20(19)23(26-16)25-15-21-24-13-14-28(21)4/h5-14H,15H2,1-4H3,(H,25,26). The first-order valence-corrected chi connectivity index (χ1v) is 9.42. The van der Waals surface area contributed by atoms with Crippen molar-refractivity contribution in [2.24, 2.45) is 7.05 Å². The van der Waals surface area contributed by atoms with Crippen molar-refractivity contribution in [3.05, 3.63) is 72.4 Å². The zero-order valence-corrected chi connectivity index (χ0v) is 16.8. The van der Waals surface area contributed by atoms with E-state index in [1.807, 2.05) is 24.0 Å². The number of pyridine rings is 1. The number of hydrogen-bond donors (Lipinski definition) is 1. The number of hydrogen-bond acceptors (Lipinski definition) is 4. The van der Waals surface area contributed by atoms with Gasteiger partial charge in [0, 0.05) is 55.9 Å². The Morgan fingerprint density at radius 2 is 1.71 bits per heavy atom. The molecule has 0 saturated heterocycles. The highest BCUT2D eigenvalue weighted by Gasteiger charge is 2.13. The van der Waals surface area contributed by atoms with Crippen molar-refractivity contribution in [1.82, 2.24) is 14.5 Å². The van der Waals surface area contributed by atoms with Crippen LogP contribution in [0, 0.1) is 6.92 Å². The Kier molecular flexibility index (Phi) is 4.74. The Morgan fingerprint density at radius 1 is 1.00 bits per heavy atom. The van der Waals surface area contributed by atoms with E-state index in [1.54, 1.807) is 0 Å². The zero-order chi connectivity index (χ0) is 19.7. The van der Waals surface area contributed by atoms with Crippen molar-refractivity contribution in [2.75, 3.05) is 24.3 Å². The summed E-state index contributed by atoms with van der Waals surface area (Å²) in [7, 11) is 6.11. The highest BCUT2D eigenvalue weighted by Crippen LogP contribution is 2.35. The topological polar surface area (TPSA) is 46.0 Å². The van der Waals surface area contributed by atoms with Crippen LogP contribution in [0.1, 0.15) is 11.5 Å². The zero-order valence-electron chi connectivity index (χ0n) is 16.8. The lowest BCUT2D eigenvalue weighted by atomic mass is 9.97. The molecule has 5 nitrogen and oxygen atoms in total. The van der Waals surface area contributed by atoms with Crippen LogP contribution >= 0.6 is 0 Å². The molecule has 2 aromatic carbocycles. The predicted octanol–water partition coefficient (Wildman–Crippen LogP) is 4.62. The summed E-state index contributed by atoms with van der Waals surface area (Å²) < 4.78 is 2.02. The first kappa shape index (κ1) is 18.0. The maximum atomic E-state index is 4.91. The number of aromatic nitrogens is 3. The van der Waals surface area contributed by atoms with E-state index in [0.717, 1.165) is 22.7 Å².